The first-order valence-electron chi connectivity index (χ1n) is 10.5. The van der Waals surface area contributed by atoms with Gasteiger partial charge in [-0.3, -0.25) is 4.79 Å². The highest BCUT2D eigenvalue weighted by Crippen LogP contribution is 2.29. The number of phenols is 1. The molecule has 172 valence electrons. The maximum Gasteiger partial charge on any atom is 0.337 e. The molecule has 1 aliphatic rings. The van der Waals surface area contributed by atoms with E-state index in [4.69, 9.17) is 4.74 Å². The Hall–Kier alpha value is -3.55. The summed E-state index contributed by atoms with van der Waals surface area (Å²) in [5.74, 6) is -1.51. The van der Waals surface area contributed by atoms with E-state index in [1.54, 1.807) is 18.2 Å². The van der Waals surface area contributed by atoms with Crippen LogP contribution in [0.1, 0.15) is 33.6 Å². The number of carbonyl (C=O) groups excluding carboxylic acids is 1. The van der Waals surface area contributed by atoms with E-state index in [0.717, 1.165) is 37.1 Å². The van der Waals surface area contributed by atoms with E-state index in [0.29, 0.717) is 5.75 Å². The van der Waals surface area contributed by atoms with Crippen LogP contribution in [0, 0.1) is 0 Å². The molecule has 33 heavy (non-hydrogen) atoms. The van der Waals surface area contributed by atoms with E-state index in [9.17, 15) is 19.8 Å². The Balaban J connectivity index is 0.00000306. The van der Waals surface area contributed by atoms with Crippen LogP contribution in [0.3, 0.4) is 0 Å². The molecule has 0 unspecified atom stereocenters. The Morgan fingerprint density at radius 3 is 2.27 bits per heavy atom. The van der Waals surface area contributed by atoms with Crippen molar-refractivity contribution in [2.24, 2.45) is 0 Å². The maximum absolute atomic E-state index is 12.8. The third-order valence-corrected chi connectivity index (χ3v) is 5.41. The van der Waals surface area contributed by atoms with E-state index in [1.807, 2.05) is 30.3 Å². The van der Waals surface area contributed by atoms with Gasteiger partial charge in [0, 0.05) is 6.07 Å². The molecule has 0 aliphatic carbocycles. The molecule has 7 nitrogen and oxygen atoms in total. The van der Waals surface area contributed by atoms with E-state index >= 15 is 0 Å². The van der Waals surface area contributed by atoms with Gasteiger partial charge in [0.25, 0.3) is 5.91 Å². The van der Waals surface area contributed by atoms with Crippen LogP contribution in [0.25, 0.3) is 11.1 Å². The maximum atomic E-state index is 12.8. The van der Waals surface area contributed by atoms with Gasteiger partial charge in [-0.15, -0.1) is 12.4 Å². The smallest absolute Gasteiger partial charge is 0.337 e. The van der Waals surface area contributed by atoms with Gasteiger partial charge in [0.15, 0.2) is 0 Å². The van der Waals surface area contributed by atoms with Crippen molar-refractivity contribution in [3.8, 4) is 22.6 Å². The molecule has 3 aromatic rings. The van der Waals surface area contributed by atoms with Crippen molar-refractivity contribution < 1.29 is 24.5 Å². The van der Waals surface area contributed by atoms with Crippen LogP contribution < -0.4 is 15.4 Å². The van der Waals surface area contributed by atoms with E-state index in [2.05, 4.69) is 10.6 Å². The zero-order valence-corrected chi connectivity index (χ0v) is 18.6. The number of phenolic OH excluding ortho intramolecular Hbond substituents is 1. The van der Waals surface area contributed by atoms with Crippen LogP contribution in [0.5, 0.6) is 11.5 Å². The first-order valence-corrected chi connectivity index (χ1v) is 10.5. The van der Waals surface area contributed by atoms with Gasteiger partial charge in [0.1, 0.15) is 17.6 Å². The van der Waals surface area contributed by atoms with Crippen molar-refractivity contribution >= 4 is 30.0 Å². The second kappa shape index (κ2) is 10.8. The summed E-state index contributed by atoms with van der Waals surface area (Å²) in [4.78, 5) is 24.5. The number of carboxylic acids is 1. The lowest BCUT2D eigenvalue weighted by molar-refractivity contribution is 0.0698. The van der Waals surface area contributed by atoms with Crippen molar-refractivity contribution in [3.05, 3.63) is 77.9 Å². The quantitative estimate of drug-likeness (QED) is 0.422. The fourth-order valence-corrected chi connectivity index (χ4v) is 3.72. The lowest BCUT2D eigenvalue weighted by Gasteiger charge is -2.24. The molecule has 1 aliphatic heterocycles. The van der Waals surface area contributed by atoms with Gasteiger partial charge in [0.05, 0.1) is 16.8 Å². The van der Waals surface area contributed by atoms with Crippen molar-refractivity contribution in [1.82, 2.24) is 5.32 Å². The number of nitrogens with one attached hydrogen (secondary N) is 2. The third-order valence-electron chi connectivity index (χ3n) is 5.41. The largest absolute Gasteiger partial charge is 0.507 e. The highest BCUT2D eigenvalue weighted by atomic mass is 35.5. The van der Waals surface area contributed by atoms with Crippen LogP contribution in [-0.4, -0.2) is 41.3 Å². The monoisotopic (exact) mass is 468 g/mol. The Kier molecular flexibility index (Phi) is 7.92. The summed E-state index contributed by atoms with van der Waals surface area (Å²) in [6.07, 6.45) is 1.81. The fraction of sp³-hybridized carbons (Fsp3) is 0.200. The Morgan fingerprint density at radius 2 is 1.61 bits per heavy atom. The van der Waals surface area contributed by atoms with Gasteiger partial charge in [-0.1, -0.05) is 36.4 Å². The summed E-state index contributed by atoms with van der Waals surface area (Å²) in [5.41, 5.74) is 1.80. The van der Waals surface area contributed by atoms with Crippen LogP contribution in [0.15, 0.2) is 66.7 Å². The number of hydrogen-bond donors (Lipinski definition) is 4. The molecule has 1 saturated heterocycles. The summed E-state index contributed by atoms with van der Waals surface area (Å²) in [6, 6.07) is 18.7. The minimum atomic E-state index is -1.16. The topological polar surface area (TPSA) is 108 Å². The zero-order chi connectivity index (χ0) is 22.5. The first-order chi connectivity index (χ1) is 15.5. The molecule has 0 spiro atoms. The van der Waals surface area contributed by atoms with Gasteiger partial charge in [-0.25, -0.2) is 4.79 Å². The summed E-state index contributed by atoms with van der Waals surface area (Å²) < 4.78 is 5.90. The Morgan fingerprint density at radius 1 is 0.909 bits per heavy atom. The number of benzene rings is 3. The Bertz CT molecular complexity index is 1130. The van der Waals surface area contributed by atoms with E-state index in [-0.39, 0.29) is 41.1 Å². The highest BCUT2D eigenvalue weighted by Gasteiger charge is 2.19. The molecule has 1 amide bonds. The minimum Gasteiger partial charge on any atom is -0.507 e. The van der Waals surface area contributed by atoms with Crippen molar-refractivity contribution in [3.63, 3.8) is 0 Å². The van der Waals surface area contributed by atoms with Crippen molar-refractivity contribution in [2.45, 2.75) is 18.9 Å². The van der Waals surface area contributed by atoms with Crippen LogP contribution >= 0.6 is 12.4 Å². The molecule has 4 rings (SSSR count). The number of piperidine rings is 1. The number of carbonyl (C=O) groups is 2. The Labute approximate surface area is 197 Å². The van der Waals surface area contributed by atoms with E-state index in [1.165, 1.54) is 18.2 Å². The summed E-state index contributed by atoms with van der Waals surface area (Å²) in [5, 5.41) is 25.8. The fourth-order valence-electron chi connectivity index (χ4n) is 3.72. The number of ether oxygens (including phenoxy) is 1. The lowest BCUT2D eigenvalue weighted by atomic mass is 10.0. The normalized spacial score (nSPS) is 13.6. The van der Waals surface area contributed by atoms with Crippen LogP contribution in [0.4, 0.5) is 5.69 Å². The molecule has 0 radical (unpaired) electrons. The molecule has 0 bridgehead atoms. The average Bonchev–Trinajstić information content (AvgIpc) is 2.80. The van der Waals surface area contributed by atoms with Gasteiger partial charge in [0.2, 0.25) is 0 Å². The molecule has 0 atom stereocenters. The number of anilines is 1. The summed E-state index contributed by atoms with van der Waals surface area (Å²) in [6.45, 7) is 1.76. The number of halogens is 1. The average molecular weight is 469 g/mol. The second-order valence-electron chi connectivity index (χ2n) is 7.63. The van der Waals surface area contributed by atoms with Gasteiger partial charge >= 0.3 is 5.97 Å². The molecular weight excluding hydrogens is 444 g/mol. The van der Waals surface area contributed by atoms with Gasteiger partial charge in [-0.2, -0.15) is 0 Å². The first kappa shape index (κ1) is 24.1. The zero-order valence-electron chi connectivity index (χ0n) is 17.8. The molecule has 1 heterocycles. The van der Waals surface area contributed by atoms with Gasteiger partial charge < -0.3 is 25.6 Å². The highest BCUT2D eigenvalue weighted by molar-refractivity contribution is 6.09. The van der Waals surface area contributed by atoms with Crippen LogP contribution in [0.2, 0.25) is 0 Å². The number of hydrogen-bond acceptors (Lipinski definition) is 5. The standard InChI is InChI=1S/C25H24N2O5.ClH/c28-23-15-19(32-18-10-12-26-13-11-18)7-9-21(23)24(29)27-22-14-17(6-8-20(22)25(30)31)16-4-2-1-3-5-16;/h1-9,14-15,18,26,28H,10-13H2,(H,27,29)(H,30,31);1H. The predicted octanol–water partition coefficient (Wildman–Crippen LogP) is 4.56. The number of aromatic carboxylic acids is 1. The predicted molar refractivity (Wildman–Crippen MR) is 129 cm³/mol. The molecule has 4 N–H and O–H groups in total. The van der Waals surface area contributed by atoms with Crippen LogP contribution in [-0.2, 0) is 0 Å². The van der Waals surface area contributed by atoms with Crippen molar-refractivity contribution in [1.29, 1.82) is 0 Å². The molecular formula is C25H25ClN2O5. The van der Waals surface area contributed by atoms with Gasteiger partial charge in [-0.05, 0) is 61.3 Å². The molecule has 3 aromatic carbocycles. The molecule has 1 fully saturated rings. The second-order valence-corrected chi connectivity index (χ2v) is 7.63. The number of carboxylic acid groups (broad SMARTS) is 1. The number of aromatic hydroxyl groups is 1. The minimum absolute atomic E-state index is 0. The lowest BCUT2D eigenvalue weighted by Crippen LogP contribution is -2.34. The molecule has 8 heteroatoms. The summed E-state index contributed by atoms with van der Waals surface area (Å²) >= 11 is 0. The SMILES string of the molecule is Cl.O=C(Nc1cc(-c2ccccc2)ccc1C(=O)O)c1ccc(OC2CCNCC2)cc1O. The molecule has 0 saturated carbocycles. The summed E-state index contributed by atoms with van der Waals surface area (Å²) in [7, 11) is 0. The molecule has 0 aromatic heterocycles. The van der Waals surface area contributed by atoms with Crippen molar-refractivity contribution in [2.75, 3.05) is 18.4 Å². The number of rotatable bonds is 6. The van der Waals surface area contributed by atoms with E-state index < -0.39 is 11.9 Å². The number of amides is 1. The third kappa shape index (κ3) is 5.83.